The molecule has 0 aliphatic carbocycles. The standard InChI is InChI=1S/C6H18N2Si/c1-4-6(2)9(5-7)8-3/h6,8-9H,4-5,7H2,1-3H3. The number of nitrogens with two attached hydrogens (primary N) is 1. The van der Waals surface area contributed by atoms with Crippen molar-refractivity contribution in [3.63, 3.8) is 0 Å². The molecule has 0 radical (unpaired) electrons. The van der Waals surface area contributed by atoms with Crippen LogP contribution in [0.4, 0.5) is 0 Å². The van der Waals surface area contributed by atoms with E-state index in [0.717, 1.165) is 11.7 Å². The predicted molar refractivity (Wildman–Crippen MR) is 45.0 cm³/mol. The van der Waals surface area contributed by atoms with Crippen molar-refractivity contribution in [1.82, 2.24) is 4.98 Å². The molecule has 0 aromatic heterocycles. The van der Waals surface area contributed by atoms with E-state index in [4.69, 9.17) is 5.73 Å². The van der Waals surface area contributed by atoms with Crippen molar-refractivity contribution in [2.24, 2.45) is 5.73 Å². The van der Waals surface area contributed by atoms with Crippen molar-refractivity contribution in [3.8, 4) is 0 Å². The third-order valence-electron chi connectivity index (χ3n) is 1.96. The lowest BCUT2D eigenvalue weighted by atomic mass is 10.4. The largest absolute Gasteiger partial charge is 0.341 e. The Kier molecular flexibility index (Phi) is 5.04. The molecular formula is C6H18N2Si. The number of hydrogen-bond acceptors (Lipinski definition) is 2. The molecular weight excluding hydrogens is 128 g/mol. The maximum Gasteiger partial charge on any atom is 0.125 e. The van der Waals surface area contributed by atoms with Gasteiger partial charge in [-0.15, -0.1) is 0 Å². The fourth-order valence-corrected chi connectivity index (χ4v) is 2.76. The minimum absolute atomic E-state index is 0.758. The molecule has 0 aliphatic rings. The summed E-state index contributed by atoms with van der Waals surface area (Å²) in [6.45, 7) is 4.50. The van der Waals surface area contributed by atoms with Crippen LogP contribution in [-0.4, -0.2) is 22.2 Å². The Balaban J connectivity index is 3.50. The van der Waals surface area contributed by atoms with Gasteiger partial charge in [-0.2, -0.15) is 0 Å². The monoisotopic (exact) mass is 146 g/mol. The SMILES string of the molecule is CCC(C)[SiH](CN)NC. The van der Waals surface area contributed by atoms with Gasteiger partial charge in [-0.3, -0.25) is 0 Å². The van der Waals surface area contributed by atoms with Crippen molar-refractivity contribution in [2.75, 3.05) is 13.2 Å². The van der Waals surface area contributed by atoms with Crippen LogP contribution < -0.4 is 10.7 Å². The van der Waals surface area contributed by atoms with Crippen molar-refractivity contribution < 1.29 is 0 Å². The second-order valence-electron chi connectivity index (χ2n) is 2.52. The number of hydrogen-bond donors (Lipinski definition) is 2. The van der Waals surface area contributed by atoms with Crippen molar-refractivity contribution in [2.45, 2.75) is 25.8 Å². The van der Waals surface area contributed by atoms with Gasteiger partial charge in [0.15, 0.2) is 0 Å². The van der Waals surface area contributed by atoms with Crippen LogP contribution in [0.3, 0.4) is 0 Å². The van der Waals surface area contributed by atoms with E-state index in [1.807, 2.05) is 7.05 Å². The molecule has 0 saturated carbocycles. The van der Waals surface area contributed by atoms with E-state index in [1.54, 1.807) is 0 Å². The van der Waals surface area contributed by atoms with E-state index < -0.39 is 8.96 Å². The highest BCUT2D eigenvalue weighted by Gasteiger charge is 2.12. The lowest BCUT2D eigenvalue weighted by Crippen LogP contribution is -2.41. The van der Waals surface area contributed by atoms with Crippen LogP contribution in [0.15, 0.2) is 0 Å². The molecule has 9 heavy (non-hydrogen) atoms. The summed E-state index contributed by atoms with van der Waals surface area (Å²) in [4.78, 5) is 3.32. The number of rotatable bonds is 4. The quantitative estimate of drug-likeness (QED) is 0.557. The van der Waals surface area contributed by atoms with Gasteiger partial charge < -0.3 is 10.7 Å². The van der Waals surface area contributed by atoms with Gasteiger partial charge in [0, 0.05) is 0 Å². The van der Waals surface area contributed by atoms with Crippen LogP contribution in [0.5, 0.6) is 0 Å². The first-order chi connectivity index (χ1) is 4.26. The molecule has 2 nitrogen and oxygen atoms in total. The van der Waals surface area contributed by atoms with E-state index >= 15 is 0 Å². The lowest BCUT2D eigenvalue weighted by Gasteiger charge is -2.17. The molecule has 0 aromatic carbocycles. The summed E-state index contributed by atoms with van der Waals surface area (Å²) < 4.78 is 0. The predicted octanol–water partition coefficient (Wildman–Crippen LogP) is 0.228. The van der Waals surface area contributed by atoms with E-state index in [9.17, 15) is 0 Å². The van der Waals surface area contributed by atoms with Crippen LogP contribution in [0.1, 0.15) is 20.3 Å². The Labute approximate surface area is 59.5 Å². The molecule has 0 aromatic rings. The summed E-state index contributed by atoms with van der Waals surface area (Å²) in [5.74, 6) is 0. The Morgan fingerprint density at radius 3 is 2.33 bits per heavy atom. The number of nitrogens with one attached hydrogen (secondary N) is 1. The first kappa shape index (κ1) is 9.14. The minimum Gasteiger partial charge on any atom is -0.341 e. The van der Waals surface area contributed by atoms with Gasteiger partial charge >= 0.3 is 0 Å². The second kappa shape index (κ2) is 4.96. The molecule has 3 N–H and O–H groups in total. The molecule has 2 unspecified atom stereocenters. The van der Waals surface area contributed by atoms with Crippen LogP contribution in [0, 0.1) is 0 Å². The van der Waals surface area contributed by atoms with Gasteiger partial charge in [0.05, 0.1) is 0 Å². The van der Waals surface area contributed by atoms with Crippen molar-refractivity contribution in [3.05, 3.63) is 0 Å². The van der Waals surface area contributed by atoms with Crippen molar-refractivity contribution in [1.29, 1.82) is 0 Å². The maximum absolute atomic E-state index is 5.56. The molecule has 0 rings (SSSR count). The minimum atomic E-state index is -0.758. The molecule has 0 heterocycles. The zero-order chi connectivity index (χ0) is 7.28. The first-order valence-corrected chi connectivity index (χ1v) is 5.69. The zero-order valence-electron chi connectivity index (χ0n) is 6.65. The summed E-state index contributed by atoms with van der Waals surface area (Å²) in [6.07, 6.45) is 2.14. The van der Waals surface area contributed by atoms with E-state index in [0.29, 0.717) is 0 Å². The van der Waals surface area contributed by atoms with Crippen LogP contribution in [-0.2, 0) is 0 Å². The van der Waals surface area contributed by atoms with Crippen LogP contribution in [0.25, 0.3) is 0 Å². The summed E-state index contributed by atoms with van der Waals surface area (Å²) in [6, 6.07) is 0. The molecule has 0 saturated heterocycles. The Hall–Kier alpha value is 0.137. The highest BCUT2D eigenvalue weighted by molar-refractivity contribution is 6.57. The highest BCUT2D eigenvalue weighted by atomic mass is 28.3. The van der Waals surface area contributed by atoms with E-state index in [1.165, 1.54) is 6.42 Å². The van der Waals surface area contributed by atoms with Crippen molar-refractivity contribution >= 4 is 8.96 Å². The maximum atomic E-state index is 5.56. The van der Waals surface area contributed by atoms with Gasteiger partial charge in [-0.1, -0.05) is 20.3 Å². The smallest absolute Gasteiger partial charge is 0.125 e. The molecule has 3 heteroatoms. The molecule has 0 bridgehead atoms. The topological polar surface area (TPSA) is 38.0 Å². The van der Waals surface area contributed by atoms with Crippen LogP contribution >= 0.6 is 0 Å². The zero-order valence-corrected chi connectivity index (χ0v) is 7.80. The highest BCUT2D eigenvalue weighted by Crippen LogP contribution is 2.09. The molecule has 0 fully saturated rings. The average Bonchev–Trinajstić information content (AvgIpc) is 1.90. The molecule has 56 valence electrons. The molecule has 0 spiro atoms. The van der Waals surface area contributed by atoms with Gasteiger partial charge in [-0.25, -0.2) is 0 Å². The van der Waals surface area contributed by atoms with E-state index in [2.05, 4.69) is 18.8 Å². The third-order valence-corrected chi connectivity index (χ3v) is 5.05. The molecule has 0 amide bonds. The van der Waals surface area contributed by atoms with Gasteiger partial charge in [0.1, 0.15) is 8.96 Å². The summed E-state index contributed by atoms with van der Waals surface area (Å²) in [7, 11) is 1.27. The van der Waals surface area contributed by atoms with Gasteiger partial charge in [-0.05, 0) is 18.8 Å². The fraction of sp³-hybridized carbons (Fsp3) is 1.00. The summed E-state index contributed by atoms with van der Waals surface area (Å²) >= 11 is 0. The summed E-state index contributed by atoms with van der Waals surface area (Å²) in [5, 5.41) is 0. The summed E-state index contributed by atoms with van der Waals surface area (Å²) in [5.41, 5.74) is 6.39. The normalized spacial score (nSPS) is 17.3. The average molecular weight is 146 g/mol. The first-order valence-electron chi connectivity index (χ1n) is 3.63. The lowest BCUT2D eigenvalue weighted by molar-refractivity contribution is 0.827. The molecule has 0 aliphatic heterocycles. The van der Waals surface area contributed by atoms with Gasteiger partial charge in [0.25, 0.3) is 0 Å². The Bertz CT molecular complexity index is 64.1. The second-order valence-corrected chi connectivity index (χ2v) is 5.92. The third kappa shape index (κ3) is 2.98. The van der Waals surface area contributed by atoms with Crippen LogP contribution in [0.2, 0.25) is 5.54 Å². The Morgan fingerprint density at radius 2 is 2.22 bits per heavy atom. The van der Waals surface area contributed by atoms with Gasteiger partial charge in [0.2, 0.25) is 0 Å². The Morgan fingerprint density at radius 1 is 1.67 bits per heavy atom. The fourth-order valence-electron chi connectivity index (χ4n) is 0.919. The molecule has 2 atom stereocenters. The van der Waals surface area contributed by atoms with E-state index in [-0.39, 0.29) is 0 Å².